The number of alkyl halides is 1. The molecule has 0 aliphatic heterocycles. The van der Waals surface area contributed by atoms with Crippen LogP contribution in [0.2, 0.25) is 0 Å². The van der Waals surface area contributed by atoms with E-state index in [0.717, 1.165) is 5.56 Å². The summed E-state index contributed by atoms with van der Waals surface area (Å²) in [5.41, 5.74) is 0.991. The van der Waals surface area contributed by atoms with Gasteiger partial charge in [-0.2, -0.15) is 0 Å². The predicted octanol–water partition coefficient (Wildman–Crippen LogP) is 2.15. The number of nitrogens with zero attached hydrogens (tertiary/aromatic N) is 1. The van der Waals surface area contributed by atoms with Gasteiger partial charge in [-0.05, 0) is 31.4 Å². The van der Waals surface area contributed by atoms with Crippen LogP contribution in [0, 0.1) is 6.92 Å². The summed E-state index contributed by atoms with van der Waals surface area (Å²) in [5.74, 6) is 0.921. The maximum Gasteiger partial charge on any atom is 0.233 e. The minimum atomic E-state index is -3.29. The Morgan fingerprint density at radius 3 is 2.69 bits per heavy atom. The van der Waals surface area contributed by atoms with Crippen molar-refractivity contribution in [3.8, 4) is 0 Å². The van der Waals surface area contributed by atoms with Gasteiger partial charge in [0.2, 0.25) is 10.0 Å². The molecule has 0 saturated heterocycles. The Labute approximate surface area is 101 Å². The standard InChI is InChI=1S/C10H15ClN2O2S/c1-9-4-5-10(12-8-9)13-16(14,15)7-3-2-6-11/h4-5,8H,2-3,6-7H2,1H3,(H,12,13). The number of nitrogens with one attached hydrogen (secondary N) is 1. The maximum absolute atomic E-state index is 11.6. The molecule has 0 radical (unpaired) electrons. The van der Waals surface area contributed by atoms with Gasteiger partial charge >= 0.3 is 0 Å². The van der Waals surface area contributed by atoms with E-state index in [1.165, 1.54) is 0 Å². The lowest BCUT2D eigenvalue weighted by molar-refractivity contribution is 0.598. The fourth-order valence-electron chi connectivity index (χ4n) is 1.13. The second-order valence-electron chi connectivity index (χ2n) is 3.54. The lowest BCUT2D eigenvalue weighted by Crippen LogP contribution is -2.17. The highest BCUT2D eigenvalue weighted by molar-refractivity contribution is 7.92. The van der Waals surface area contributed by atoms with Crippen LogP contribution in [0.1, 0.15) is 18.4 Å². The minimum Gasteiger partial charge on any atom is -0.267 e. The molecule has 0 aromatic carbocycles. The van der Waals surface area contributed by atoms with E-state index in [9.17, 15) is 8.42 Å². The monoisotopic (exact) mass is 262 g/mol. The first-order valence-electron chi connectivity index (χ1n) is 5.02. The molecule has 0 atom stereocenters. The molecule has 16 heavy (non-hydrogen) atoms. The van der Waals surface area contributed by atoms with Gasteiger partial charge < -0.3 is 0 Å². The van der Waals surface area contributed by atoms with Crippen LogP contribution >= 0.6 is 11.6 Å². The SMILES string of the molecule is Cc1ccc(NS(=O)(=O)CCCCCl)nc1. The highest BCUT2D eigenvalue weighted by atomic mass is 35.5. The van der Waals surface area contributed by atoms with Crippen molar-refractivity contribution < 1.29 is 8.42 Å². The Balaban J connectivity index is 2.55. The van der Waals surface area contributed by atoms with Crippen molar-refractivity contribution in [1.82, 2.24) is 4.98 Å². The van der Waals surface area contributed by atoms with E-state index < -0.39 is 10.0 Å². The molecule has 0 unspecified atom stereocenters. The lowest BCUT2D eigenvalue weighted by atomic mass is 10.3. The minimum absolute atomic E-state index is 0.0786. The van der Waals surface area contributed by atoms with E-state index in [1.54, 1.807) is 12.3 Å². The summed E-state index contributed by atoms with van der Waals surface area (Å²) < 4.78 is 25.6. The Morgan fingerprint density at radius 1 is 1.38 bits per heavy atom. The summed E-state index contributed by atoms with van der Waals surface area (Å²) in [6, 6.07) is 3.46. The molecule has 0 aliphatic rings. The first-order valence-corrected chi connectivity index (χ1v) is 7.21. The highest BCUT2D eigenvalue weighted by Crippen LogP contribution is 2.07. The van der Waals surface area contributed by atoms with Crippen LogP contribution in [-0.2, 0) is 10.0 Å². The van der Waals surface area contributed by atoms with Crippen molar-refractivity contribution in [1.29, 1.82) is 0 Å². The summed E-state index contributed by atoms with van der Waals surface area (Å²) >= 11 is 5.48. The number of unbranched alkanes of at least 4 members (excludes halogenated alkanes) is 1. The number of hydrogen-bond acceptors (Lipinski definition) is 3. The number of aryl methyl sites for hydroxylation is 1. The third-order valence-corrected chi connectivity index (χ3v) is 3.58. The van der Waals surface area contributed by atoms with Gasteiger partial charge in [0.1, 0.15) is 5.82 Å². The molecule has 1 aromatic rings. The van der Waals surface area contributed by atoms with E-state index in [4.69, 9.17) is 11.6 Å². The summed E-state index contributed by atoms with van der Waals surface area (Å²) in [6.07, 6.45) is 2.88. The molecule has 6 heteroatoms. The van der Waals surface area contributed by atoms with Crippen LogP contribution in [0.5, 0.6) is 0 Å². The van der Waals surface area contributed by atoms with E-state index in [0.29, 0.717) is 24.5 Å². The van der Waals surface area contributed by atoms with E-state index in [2.05, 4.69) is 9.71 Å². The van der Waals surface area contributed by atoms with Crippen molar-refractivity contribution in [3.63, 3.8) is 0 Å². The molecule has 90 valence electrons. The van der Waals surface area contributed by atoms with Gasteiger partial charge in [0.25, 0.3) is 0 Å². The summed E-state index contributed by atoms with van der Waals surface area (Å²) in [7, 11) is -3.29. The average molecular weight is 263 g/mol. The molecule has 0 fully saturated rings. The molecule has 1 rings (SSSR count). The number of halogens is 1. The molecule has 1 N–H and O–H groups in total. The molecule has 0 spiro atoms. The van der Waals surface area contributed by atoms with Crippen LogP contribution in [-0.4, -0.2) is 25.0 Å². The van der Waals surface area contributed by atoms with Crippen molar-refractivity contribution in [3.05, 3.63) is 23.9 Å². The fourth-order valence-corrected chi connectivity index (χ4v) is 2.44. The Bertz CT molecular complexity index is 417. The normalized spacial score (nSPS) is 11.4. The third-order valence-electron chi connectivity index (χ3n) is 1.97. The fraction of sp³-hybridized carbons (Fsp3) is 0.500. The van der Waals surface area contributed by atoms with Crippen molar-refractivity contribution >= 4 is 27.4 Å². The summed E-state index contributed by atoms with van der Waals surface area (Å²) in [4.78, 5) is 3.98. The molecule has 4 nitrogen and oxygen atoms in total. The number of hydrogen-bond donors (Lipinski definition) is 1. The summed E-state index contributed by atoms with van der Waals surface area (Å²) in [6.45, 7) is 1.89. The van der Waals surface area contributed by atoms with Crippen LogP contribution in [0.15, 0.2) is 18.3 Å². The quantitative estimate of drug-likeness (QED) is 0.631. The highest BCUT2D eigenvalue weighted by Gasteiger charge is 2.10. The number of anilines is 1. The lowest BCUT2D eigenvalue weighted by Gasteiger charge is -2.06. The molecule has 0 saturated carbocycles. The van der Waals surface area contributed by atoms with E-state index in [1.807, 2.05) is 13.0 Å². The summed E-state index contributed by atoms with van der Waals surface area (Å²) in [5, 5.41) is 0. The Hall–Kier alpha value is -0.810. The van der Waals surface area contributed by atoms with Gasteiger partial charge in [0.05, 0.1) is 5.75 Å². The Kier molecular flexibility index (Phi) is 5.02. The number of pyridine rings is 1. The third kappa shape index (κ3) is 4.81. The molecule has 1 aromatic heterocycles. The number of aromatic nitrogens is 1. The van der Waals surface area contributed by atoms with Crippen molar-refractivity contribution in [2.24, 2.45) is 0 Å². The van der Waals surface area contributed by atoms with Crippen molar-refractivity contribution in [2.45, 2.75) is 19.8 Å². The zero-order chi connectivity index (χ0) is 12.0. The smallest absolute Gasteiger partial charge is 0.233 e. The second kappa shape index (κ2) is 6.06. The van der Waals surface area contributed by atoms with Gasteiger partial charge in [-0.25, -0.2) is 13.4 Å². The second-order valence-corrected chi connectivity index (χ2v) is 5.76. The number of sulfonamides is 1. The molecule has 1 heterocycles. The van der Waals surface area contributed by atoms with E-state index in [-0.39, 0.29) is 5.75 Å². The first-order chi connectivity index (χ1) is 7.53. The maximum atomic E-state index is 11.6. The topological polar surface area (TPSA) is 59.1 Å². The van der Waals surface area contributed by atoms with Crippen LogP contribution in [0.3, 0.4) is 0 Å². The predicted molar refractivity (Wildman–Crippen MR) is 66.3 cm³/mol. The molecule has 0 bridgehead atoms. The van der Waals surface area contributed by atoms with Gasteiger partial charge in [-0.3, -0.25) is 4.72 Å². The largest absolute Gasteiger partial charge is 0.267 e. The molecular formula is C10H15ClN2O2S. The average Bonchev–Trinajstić information content (AvgIpc) is 2.21. The van der Waals surface area contributed by atoms with Gasteiger partial charge in [-0.1, -0.05) is 6.07 Å². The van der Waals surface area contributed by atoms with Crippen LogP contribution in [0.4, 0.5) is 5.82 Å². The van der Waals surface area contributed by atoms with Gasteiger partial charge in [0.15, 0.2) is 0 Å². The van der Waals surface area contributed by atoms with Crippen LogP contribution < -0.4 is 4.72 Å². The van der Waals surface area contributed by atoms with E-state index >= 15 is 0 Å². The first kappa shape index (κ1) is 13.3. The van der Waals surface area contributed by atoms with Gasteiger partial charge in [-0.15, -0.1) is 11.6 Å². The van der Waals surface area contributed by atoms with Crippen molar-refractivity contribution in [2.75, 3.05) is 16.4 Å². The molecule has 0 amide bonds. The zero-order valence-electron chi connectivity index (χ0n) is 9.11. The molecular weight excluding hydrogens is 248 g/mol. The number of rotatable bonds is 6. The Morgan fingerprint density at radius 2 is 2.12 bits per heavy atom. The van der Waals surface area contributed by atoms with Crippen LogP contribution in [0.25, 0.3) is 0 Å². The molecule has 0 aliphatic carbocycles. The zero-order valence-corrected chi connectivity index (χ0v) is 10.7. The van der Waals surface area contributed by atoms with Gasteiger partial charge in [0, 0.05) is 12.1 Å².